The molecule has 1 aromatic heterocycles. The number of hydrogen-bond acceptors (Lipinski definition) is 4. The van der Waals surface area contributed by atoms with Gasteiger partial charge in [0.1, 0.15) is 6.10 Å². The molecule has 0 spiro atoms. The number of guanidine groups is 1. The number of benzene rings is 1. The first kappa shape index (κ1) is 17.7. The number of aliphatic hydroxyl groups is 1. The zero-order chi connectivity index (χ0) is 16.5. The number of thiophene rings is 1. The molecule has 6 heteroatoms. The first-order valence-corrected chi connectivity index (χ1v) is 8.82. The average molecular weight is 335 g/mol. The Bertz CT molecular complexity index is 594. The van der Waals surface area contributed by atoms with Crippen molar-refractivity contribution in [2.45, 2.75) is 20.0 Å². The van der Waals surface area contributed by atoms with Crippen LogP contribution in [0, 0.1) is 0 Å². The minimum atomic E-state index is -0.588. The van der Waals surface area contributed by atoms with E-state index in [1.807, 2.05) is 32.0 Å². The van der Waals surface area contributed by atoms with Crippen molar-refractivity contribution in [3.63, 3.8) is 0 Å². The smallest absolute Gasteiger partial charge is 0.191 e. The van der Waals surface area contributed by atoms with E-state index in [0.29, 0.717) is 32.3 Å². The second kappa shape index (κ2) is 9.50. The van der Waals surface area contributed by atoms with Crippen LogP contribution in [-0.2, 0) is 4.74 Å². The summed E-state index contributed by atoms with van der Waals surface area (Å²) in [6.45, 7) is 7.14. The second-order valence-electron chi connectivity index (χ2n) is 5.05. The SMILES string of the molecule is CCNC(=NCC(O)c1cc2ccccc2s1)NCCOCC. The summed E-state index contributed by atoms with van der Waals surface area (Å²) >= 11 is 1.61. The maximum absolute atomic E-state index is 10.4. The lowest BCUT2D eigenvalue weighted by Gasteiger charge is -2.12. The van der Waals surface area contributed by atoms with E-state index in [4.69, 9.17) is 4.74 Å². The van der Waals surface area contributed by atoms with E-state index in [1.165, 1.54) is 4.70 Å². The molecule has 0 bridgehead atoms. The van der Waals surface area contributed by atoms with Gasteiger partial charge < -0.3 is 20.5 Å². The number of aliphatic imine (C=N–C) groups is 1. The third-order valence-corrected chi connectivity index (χ3v) is 4.50. The van der Waals surface area contributed by atoms with E-state index >= 15 is 0 Å². The summed E-state index contributed by atoms with van der Waals surface area (Å²) in [6, 6.07) is 10.2. The Morgan fingerprint density at radius 1 is 1.30 bits per heavy atom. The van der Waals surface area contributed by atoms with Gasteiger partial charge >= 0.3 is 0 Å². The number of hydrogen-bond donors (Lipinski definition) is 3. The predicted octanol–water partition coefficient (Wildman–Crippen LogP) is 2.53. The van der Waals surface area contributed by atoms with Crippen LogP contribution in [0.2, 0.25) is 0 Å². The molecule has 5 nitrogen and oxygen atoms in total. The Balaban J connectivity index is 1.94. The van der Waals surface area contributed by atoms with E-state index in [-0.39, 0.29) is 0 Å². The van der Waals surface area contributed by atoms with Gasteiger partial charge in [-0.25, -0.2) is 0 Å². The van der Waals surface area contributed by atoms with Gasteiger partial charge in [-0.2, -0.15) is 0 Å². The Hall–Kier alpha value is -1.63. The summed E-state index contributed by atoms with van der Waals surface area (Å²) in [5, 5.41) is 17.9. The van der Waals surface area contributed by atoms with Crippen LogP contribution in [0.4, 0.5) is 0 Å². The van der Waals surface area contributed by atoms with Gasteiger partial charge in [-0.15, -0.1) is 11.3 Å². The molecular formula is C17H25N3O2S. The molecule has 1 atom stereocenters. The average Bonchev–Trinajstić information content (AvgIpc) is 3.00. The van der Waals surface area contributed by atoms with Crippen molar-refractivity contribution in [1.29, 1.82) is 0 Å². The van der Waals surface area contributed by atoms with Gasteiger partial charge in [0.25, 0.3) is 0 Å². The zero-order valence-corrected chi connectivity index (χ0v) is 14.5. The summed E-state index contributed by atoms with van der Waals surface area (Å²) < 4.78 is 6.48. The van der Waals surface area contributed by atoms with Gasteiger partial charge in [0.15, 0.2) is 5.96 Å². The fourth-order valence-electron chi connectivity index (χ4n) is 2.16. The van der Waals surface area contributed by atoms with Gasteiger partial charge in [0.05, 0.1) is 13.2 Å². The first-order chi connectivity index (χ1) is 11.2. The molecule has 0 aliphatic carbocycles. The van der Waals surface area contributed by atoms with Crippen LogP contribution in [0.5, 0.6) is 0 Å². The van der Waals surface area contributed by atoms with Crippen LogP contribution < -0.4 is 10.6 Å². The fourth-order valence-corrected chi connectivity index (χ4v) is 3.20. The summed E-state index contributed by atoms with van der Waals surface area (Å²) in [7, 11) is 0. The molecule has 1 heterocycles. The molecule has 0 amide bonds. The number of ether oxygens (including phenoxy) is 1. The number of fused-ring (bicyclic) bond motifs is 1. The third kappa shape index (κ3) is 5.49. The highest BCUT2D eigenvalue weighted by atomic mass is 32.1. The molecule has 0 aliphatic heterocycles. The standard InChI is InChI=1S/C17H25N3O2S/c1-3-18-17(19-9-10-22-4-2)20-12-14(21)16-11-13-7-5-6-8-15(13)23-16/h5-8,11,14,21H,3-4,9-10,12H2,1-2H3,(H2,18,19,20). The molecule has 1 aromatic carbocycles. The van der Waals surface area contributed by atoms with Crippen molar-refractivity contribution < 1.29 is 9.84 Å². The van der Waals surface area contributed by atoms with E-state index in [1.54, 1.807) is 11.3 Å². The zero-order valence-electron chi connectivity index (χ0n) is 13.7. The van der Waals surface area contributed by atoms with Crippen LogP contribution in [0.1, 0.15) is 24.8 Å². The molecule has 1 unspecified atom stereocenters. The highest BCUT2D eigenvalue weighted by molar-refractivity contribution is 7.19. The van der Waals surface area contributed by atoms with Crippen LogP contribution >= 0.6 is 11.3 Å². The third-order valence-electron chi connectivity index (χ3n) is 3.28. The van der Waals surface area contributed by atoms with Crippen molar-refractivity contribution in [3.8, 4) is 0 Å². The number of aliphatic hydroxyl groups excluding tert-OH is 1. The maximum Gasteiger partial charge on any atom is 0.191 e. The van der Waals surface area contributed by atoms with E-state index in [2.05, 4.69) is 27.8 Å². The van der Waals surface area contributed by atoms with E-state index < -0.39 is 6.10 Å². The lowest BCUT2D eigenvalue weighted by molar-refractivity contribution is 0.152. The molecule has 3 N–H and O–H groups in total. The van der Waals surface area contributed by atoms with Crippen molar-refractivity contribution in [1.82, 2.24) is 10.6 Å². The maximum atomic E-state index is 10.4. The molecular weight excluding hydrogens is 310 g/mol. The van der Waals surface area contributed by atoms with E-state index in [0.717, 1.165) is 16.8 Å². The first-order valence-electron chi connectivity index (χ1n) is 8.01. The lowest BCUT2D eigenvalue weighted by Crippen LogP contribution is -2.39. The summed E-state index contributed by atoms with van der Waals surface area (Å²) in [5.41, 5.74) is 0. The Labute approximate surface area is 141 Å². The topological polar surface area (TPSA) is 65.9 Å². The van der Waals surface area contributed by atoms with Crippen LogP contribution in [0.25, 0.3) is 10.1 Å². The molecule has 0 aliphatic rings. The molecule has 0 saturated heterocycles. The van der Waals surface area contributed by atoms with Crippen molar-refractivity contribution in [2.24, 2.45) is 4.99 Å². The van der Waals surface area contributed by atoms with Crippen molar-refractivity contribution in [3.05, 3.63) is 35.2 Å². The monoisotopic (exact) mass is 335 g/mol. The summed E-state index contributed by atoms with van der Waals surface area (Å²) in [5.74, 6) is 0.701. The summed E-state index contributed by atoms with van der Waals surface area (Å²) in [6.07, 6.45) is -0.588. The molecule has 126 valence electrons. The normalized spacial score (nSPS) is 13.3. The van der Waals surface area contributed by atoms with Gasteiger partial charge in [0, 0.05) is 29.3 Å². The Morgan fingerprint density at radius 2 is 2.13 bits per heavy atom. The number of rotatable bonds is 8. The Morgan fingerprint density at radius 3 is 2.87 bits per heavy atom. The van der Waals surface area contributed by atoms with Crippen molar-refractivity contribution in [2.75, 3.05) is 32.8 Å². The van der Waals surface area contributed by atoms with Gasteiger partial charge in [0.2, 0.25) is 0 Å². The molecule has 0 fully saturated rings. The quantitative estimate of drug-likeness (QED) is 0.394. The Kier molecular flexibility index (Phi) is 7.32. The molecule has 0 radical (unpaired) electrons. The van der Waals surface area contributed by atoms with Crippen LogP contribution in [0.15, 0.2) is 35.3 Å². The van der Waals surface area contributed by atoms with Gasteiger partial charge in [-0.05, 0) is 31.4 Å². The minimum absolute atomic E-state index is 0.330. The van der Waals surface area contributed by atoms with Crippen LogP contribution in [-0.4, -0.2) is 43.9 Å². The fraction of sp³-hybridized carbons (Fsp3) is 0.471. The highest BCUT2D eigenvalue weighted by Gasteiger charge is 2.11. The van der Waals surface area contributed by atoms with Crippen molar-refractivity contribution >= 4 is 27.4 Å². The van der Waals surface area contributed by atoms with Gasteiger partial charge in [-0.1, -0.05) is 18.2 Å². The van der Waals surface area contributed by atoms with Gasteiger partial charge in [-0.3, -0.25) is 4.99 Å². The highest BCUT2D eigenvalue weighted by Crippen LogP contribution is 2.29. The molecule has 2 rings (SSSR count). The molecule has 0 saturated carbocycles. The second-order valence-corrected chi connectivity index (χ2v) is 6.16. The largest absolute Gasteiger partial charge is 0.386 e. The number of nitrogens with one attached hydrogen (secondary N) is 2. The lowest BCUT2D eigenvalue weighted by atomic mass is 10.2. The molecule has 2 aromatic rings. The number of nitrogens with zero attached hydrogens (tertiary/aromatic N) is 1. The minimum Gasteiger partial charge on any atom is -0.386 e. The summed E-state index contributed by atoms with van der Waals surface area (Å²) in [4.78, 5) is 5.40. The van der Waals surface area contributed by atoms with Crippen LogP contribution in [0.3, 0.4) is 0 Å². The molecule has 23 heavy (non-hydrogen) atoms. The van der Waals surface area contributed by atoms with E-state index in [9.17, 15) is 5.11 Å². The predicted molar refractivity (Wildman–Crippen MR) is 97.3 cm³/mol.